The van der Waals surface area contributed by atoms with Crippen LogP contribution in [0.2, 0.25) is 0 Å². The molecule has 3 rings (SSSR count). The lowest BCUT2D eigenvalue weighted by atomic mass is 10.1. The number of nitrogens with zero attached hydrogens (tertiary/aromatic N) is 1. The fourth-order valence-electron chi connectivity index (χ4n) is 2.95. The Balaban J connectivity index is 1.42. The Morgan fingerprint density at radius 3 is 2.39 bits per heavy atom. The SMILES string of the molecule is COc1cccc(C(=O)NCCNC(=O)c2csc(COc3cc(C)cc(C)c3)n2)c1. The van der Waals surface area contributed by atoms with Gasteiger partial charge in [0, 0.05) is 24.0 Å². The summed E-state index contributed by atoms with van der Waals surface area (Å²) in [5.74, 6) is 0.879. The number of rotatable bonds is 9. The first-order valence-electron chi connectivity index (χ1n) is 9.80. The third kappa shape index (κ3) is 6.55. The standard InChI is InChI=1S/C23H25N3O4S/c1-15-9-16(2)11-19(10-15)30-13-21-26-20(14-31-21)23(28)25-8-7-24-22(27)17-5-4-6-18(12-17)29-3/h4-6,9-12,14H,7-8,13H2,1-3H3,(H,24,27)(H,25,28). The van der Waals surface area contributed by atoms with Gasteiger partial charge in [-0.15, -0.1) is 11.3 Å². The maximum atomic E-state index is 12.3. The molecule has 2 aromatic carbocycles. The normalized spacial score (nSPS) is 10.4. The lowest BCUT2D eigenvalue weighted by Crippen LogP contribution is -2.34. The molecule has 1 heterocycles. The molecule has 31 heavy (non-hydrogen) atoms. The molecule has 0 unspecified atom stereocenters. The third-order valence-corrected chi connectivity index (χ3v) is 5.19. The van der Waals surface area contributed by atoms with E-state index < -0.39 is 0 Å². The minimum atomic E-state index is -0.287. The van der Waals surface area contributed by atoms with Crippen molar-refractivity contribution < 1.29 is 19.1 Å². The van der Waals surface area contributed by atoms with Gasteiger partial charge in [0.1, 0.15) is 28.8 Å². The van der Waals surface area contributed by atoms with Crippen LogP contribution in [0.15, 0.2) is 47.8 Å². The third-order valence-electron chi connectivity index (χ3n) is 4.37. The van der Waals surface area contributed by atoms with E-state index in [4.69, 9.17) is 9.47 Å². The van der Waals surface area contributed by atoms with Gasteiger partial charge in [-0.1, -0.05) is 12.1 Å². The van der Waals surface area contributed by atoms with Crippen LogP contribution in [0.25, 0.3) is 0 Å². The second kappa shape index (κ2) is 10.6. The molecule has 0 aliphatic rings. The summed E-state index contributed by atoms with van der Waals surface area (Å²) < 4.78 is 10.9. The topological polar surface area (TPSA) is 89.6 Å². The van der Waals surface area contributed by atoms with E-state index in [0.717, 1.165) is 21.9 Å². The van der Waals surface area contributed by atoms with Crippen LogP contribution in [0.5, 0.6) is 11.5 Å². The number of nitrogens with one attached hydrogen (secondary N) is 2. The molecule has 8 heteroatoms. The van der Waals surface area contributed by atoms with Gasteiger partial charge < -0.3 is 20.1 Å². The van der Waals surface area contributed by atoms with Crippen LogP contribution < -0.4 is 20.1 Å². The molecule has 2 amide bonds. The van der Waals surface area contributed by atoms with Crippen LogP contribution in [-0.4, -0.2) is 37.0 Å². The second-order valence-electron chi connectivity index (χ2n) is 6.98. The Kier molecular flexibility index (Phi) is 7.61. The summed E-state index contributed by atoms with van der Waals surface area (Å²) in [6.45, 7) is 4.93. The van der Waals surface area contributed by atoms with Crippen LogP contribution in [0.1, 0.15) is 37.0 Å². The predicted molar refractivity (Wildman–Crippen MR) is 120 cm³/mol. The van der Waals surface area contributed by atoms with Crippen molar-refractivity contribution in [2.45, 2.75) is 20.5 Å². The zero-order valence-electron chi connectivity index (χ0n) is 17.7. The highest BCUT2D eigenvalue weighted by atomic mass is 32.1. The van der Waals surface area contributed by atoms with Crippen molar-refractivity contribution in [1.29, 1.82) is 0 Å². The van der Waals surface area contributed by atoms with Crippen LogP contribution in [0.3, 0.4) is 0 Å². The van der Waals surface area contributed by atoms with Crippen LogP contribution in [-0.2, 0) is 6.61 Å². The molecular formula is C23H25N3O4S. The van der Waals surface area contributed by atoms with Gasteiger partial charge in [0.2, 0.25) is 0 Å². The first-order chi connectivity index (χ1) is 14.9. The van der Waals surface area contributed by atoms with E-state index in [9.17, 15) is 9.59 Å². The van der Waals surface area contributed by atoms with Crippen molar-refractivity contribution in [2.24, 2.45) is 0 Å². The summed E-state index contributed by atoms with van der Waals surface area (Å²) in [6, 6.07) is 12.9. The van der Waals surface area contributed by atoms with E-state index in [-0.39, 0.29) is 11.8 Å². The number of benzene rings is 2. The zero-order valence-corrected chi connectivity index (χ0v) is 18.5. The quantitative estimate of drug-likeness (QED) is 0.498. The number of thiazole rings is 1. The Morgan fingerprint density at radius 2 is 1.68 bits per heavy atom. The van der Waals surface area contributed by atoms with Gasteiger partial charge >= 0.3 is 0 Å². The monoisotopic (exact) mass is 439 g/mol. The van der Waals surface area contributed by atoms with Crippen molar-refractivity contribution >= 4 is 23.2 Å². The molecule has 2 N–H and O–H groups in total. The van der Waals surface area contributed by atoms with Gasteiger partial charge in [-0.05, 0) is 55.3 Å². The number of amides is 2. The van der Waals surface area contributed by atoms with Gasteiger partial charge in [-0.25, -0.2) is 4.98 Å². The van der Waals surface area contributed by atoms with E-state index in [1.165, 1.54) is 11.3 Å². The lowest BCUT2D eigenvalue weighted by Gasteiger charge is -2.07. The van der Waals surface area contributed by atoms with Gasteiger partial charge in [-0.2, -0.15) is 0 Å². The Hall–Kier alpha value is -3.39. The van der Waals surface area contributed by atoms with E-state index >= 15 is 0 Å². The largest absolute Gasteiger partial charge is 0.497 e. The summed E-state index contributed by atoms with van der Waals surface area (Å²) in [7, 11) is 1.55. The van der Waals surface area contributed by atoms with E-state index in [0.29, 0.717) is 36.7 Å². The summed E-state index contributed by atoms with van der Waals surface area (Å²) in [5, 5.41) is 7.94. The van der Waals surface area contributed by atoms with Gasteiger partial charge in [0.15, 0.2) is 0 Å². The number of ether oxygens (including phenoxy) is 2. The van der Waals surface area contributed by atoms with Crippen LogP contribution in [0, 0.1) is 13.8 Å². The number of aryl methyl sites for hydroxylation is 2. The fraction of sp³-hybridized carbons (Fsp3) is 0.261. The predicted octanol–water partition coefficient (Wildman–Crippen LogP) is 3.51. The summed E-state index contributed by atoms with van der Waals surface area (Å²) in [4.78, 5) is 28.8. The Morgan fingerprint density at radius 1 is 0.968 bits per heavy atom. The number of aromatic nitrogens is 1. The first-order valence-corrected chi connectivity index (χ1v) is 10.7. The van der Waals surface area contributed by atoms with Gasteiger partial charge in [0.05, 0.1) is 7.11 Å². The first kappa shape index (κ1) is 22.3. The fourth-order valence-corrected chi connectivity index (χ4v) is 3.64. The maximum absolute atomic E-state index is 12.3. The second-order valence-corrected chi connectivity index (χ2v) is 7.92. The molecule has 0 aliphatic carbocycles. The van der Waals surface area contributed by atoms with Gasteiger partial charge in [0.25, 0.3) is 11.8 Å². The number of hydrogen-bond acceptors (Lipinski definition) is 6. The van der Waals surface area contributed by atoms with E-state index in [1.54, 1.807) is 36.8 Å². The van der Waals surface area contributed by atoms with Crippen molar-refractivity contribution in [3.63, 3.8) is 0 Å². The average Bonchev–Trinajstić information content (AvgIpc) is 3.23. The van der Waals surface area contributed by atoms with E-state index in [1.807, 2.05) is 26.0 Å². The van der Waals surface area contributed by atoms with Gasteiger partial charge in [-0.3, -0.25) is 9.59 Å². The van der Waals surface area contributed by atoms with Crippen molar-refractivity contribution in [3.05, 3.63) is 75.2 Å². The van der Waals surface area contributed by atoms with Crippen LogP contribution >= 0.6 is 11.3 Å². The number of carbonyl (C=O) groups excluding carboxylic acids is 2. The number of carbonyl (C=O) groups is 2. The Labute approximate surface area is 185 Å². The molecule has 0 saturated carbocycles. The maximum Gasteiger partial charge on any atom is 0.270 e. The molecule has 0 aliphatic heterocycles. The molecule has 7 nitrogen and oxygen atoms in total. The highest BCUT2D eigenvalue weighted by Crippen LogP contribution is 2.19. The summed E-state index contributed by atoms with van der Waals surface area (Å²) >= 11 is 1.37. The van der Waals surface area contributed by atoms with E-state index in [2.05, 4.69) is 21.7 Å². The molecule has 0 bridgehead atoms. The minimum absolute atomic E-state index is 0.229. The summed E-state index contributed by atoms with van der Waals surface area (Å²) in [5.41, 5.74) is 3.10. The smallest absolute Gasteiger partial charge is 0.270 e. The molecule has 0 spiro atoms. The minimum Gasteiger partial charge on any atom is -0.497 e. The van der Waals surface area contributed by atoms with Crippen molar-refractivity contribution in [1.82, 2.24) is 15.6 Å². The number of hydrogen-bond donors (Lipinski definition) is 2. The molecule has 0 atom stereocenters. The highest BCUT2D eigenvalue weighted by Gasteiger charge is 2.12. The van der Waals surface area contributed by atoms with Crippen molar-refractivity contribution in [3.8, 4) is 11.5 Å². The molecule has 1 aromatic heterocycles. The lowest BCUT2D eigenvalue weighted by molar-refractivity contribution is 0.0925. The molecule has 162 valence electrons. The average molecular weight is 440 g/mol. The van der Waals surface area contributed by atoms with Crippen molar-refractivity contribution in [2.75, 3.05) is 20.2 Å². The number of methoxy groups -OCH3 is 1. The molecular weight excluding hydrogens is 414 g/mol. The zero-order chi connectivity index (χ0) is 22.2. The summed E-state index contributed by atoms with van der Waals surface area (Å²) in [6.07, 6.45) is 0. The molecule has 0 saturated heterocycles. The molecule has 0 radical (unpaired) electrons. The molecule has 0 fully saturated rings. The molecule has 3 aromatic rings. The highest BCUT2D eigenvalue weighted by molar-refractivity contribution is 7.09. The van der Waals surface area contributed by atoms with Crippen LogP contribution in [0.4, 0.5) is 0 Å². The Bertz CT molecular complexity index is 1040.